The number of fused-ring (bicyclic) bond motifs is 2. The largest absolute Gasteiger partial charge is 0.508 e. The molecule has 0 saturated carbocycles. The van der Waals surface area contributed by atoms with Crippen molar-refractivity contribution >= 4 is 49.2 Å². The number of nitrogens with one attached hydrogen (secondary N) is 2. The number of hydrogen-bond acceptors (Lipinski definition) is 7. The number of anilines is 2. The fourth-order valence-corrected chi connectivity index (χ4v) is 4.19. The van der Waals surface area contributed by atoms with Crippen LogP contribution in [0.5, 0.6) is 11.5 Å². The maximum absolute atomic E-state index is 12.8. The van der Waals surface area contributed by atoms with E-state index in [0.29, 0.717) is 5.69 Å². The number of aromatic hydroxyl groups is 2. The lowest BCUT2D eigenvalue weighted by molar-refractivity contribution is -0.114. The first-order valence-electron chi connectivity index (χ1n) is 8.97. The third-order valence-corrected chi connectivity index (χ3v) is 5.87. The molecule has 0 bridgehead atoms. The molecule has 0 saturated heterocycles. The highest BCUT2D eigenvalue weighted by Crippen LogP contribution is 2.31. The summed E-state index contributed by atoms with van der Waals surface area (Å²) < 4.78 is 33.3. The number of sulfonamides is 1. The zero-order valence-electron chi connectivity index (χ0n) is 16.0. The van der Waals surface area contributed by atoms with E-state index in [9.17, 15) is 28.2 Å². The number of carbonyl (C=O) groups is 1. The lowest BCUT2D eigenvalue weighted by atomic mass is 10.1. The van der Waals surface area contributed by atoms with Crippen molar-refractivity contribution in [1.82, 2.24) is 0 Å². The summed E-state index contributed by atoms with van der Waals surface area (Å²) in [5, 5.41) is 22.1. The number of benzene rings is 3. The fraction of sp³-hybridized carbons (Fsp3) is 0.0476. The quantitative estimate of drug-likeness (QED) is 0.357. The van der Waals surface area contributed by atoms with E-state index in [1.54, 1.807) is 0 Å². The van der Waals surface area contributed by atoms with Crippen molar-refractivity contribution in [2.45, 2.75) is 11.8 Å². The van der Waals surface area contributed by atoms with Gasteiger partial charge in [-0.25, -0.2) is 8.42 Å². The second-order valence-corrected chi connectivity index (χ2v) is 8.47. The Morgan fingerprint density at radius 2 is 1.61 bits per heavy atom. The molecular weight excluding hydrogens is 424 g/mol. The van der Waals surface area contributed by atoms with Gasteiger partial charge in [0.25, 0.3) is 10.0 Å². The highest BCUT2D eigenvalue weighted by Gasteiger charge is 2.17. The number of hydrogen-bond donors (Lipinski definition) is 4. The molecule has 0 radical (unpaired) electrons. The molecule has 0 aliphatic rings. The summed E-state index contributed by atoms with van der Waals surface area (Å²) in [5.41, 5.74) is 0.151. The zero-order chi connectivity index (χ0) is 22.3. The fourth-order valence-electron chi connectivity index (χ4n) is 3.14. The molecule has 1 heterocycles. The summed E-state index contributed by atoms with van der Waals surface area (Å²) in [6.45, 7) is 1.34. The lowest BCUT2D eigenvalue weighted by Gasteiger charge is -2.10. The van der Waals surface area contributed by atoms with Crippen LogP contribution in [0.15, 0.2) is 68.7 Å². The van der Waals surface area contributed by atoms with Crippen LogP contribution in [0.1, 0.15) is 6.92 Å². The molecule has 0 spiro atoms. The number of rotatable bonds is 4. The number of amides is 1. The number of phenolic OH excluding ortho intramolecular Hbond substituents is 2. The number of phenols is 2. The van der Waals surface area contributed by atoms with E-state index in [1.165, 1.54) is 55.5 Å². The van der Waals surface area contributed by atoms with Crippen molar-refractivity contribution in [3.8, 4) is 11.5 Å². The van der Waals surface area contributed by atoms with Crippen molar-refractivity contribution in [3.05, 3.63) is 64.8 Å². The molecule has 0 aliphatic heterocycles. The van der Waals surface area contributed by atoms with E-state index < -0.39 is 21.2 Å². The summed E-state index contributed by atoms with van der Waals surface area (Å²) in [4.78, 5) is 23.9. The van der Waals surface area contributed by atoms with Gasteiger partial charge >= 0.3 is 0 Å². The van der Waals surface area contributed by atoms with Crippen molar-refractivity contribution in [1.29, 1.82) is 0 Å². The van der Waals surface area contributed by atoms with Crippen LogP contribution in [0, 0.1) is 0 Å². The minimum absolute atomic E-state index is 0.00240. The van der Waals surface area contributed by atoms with Gasteiger partial charge in [-0.1, -0.05) is 0 Å². The van der Waals surface area contributed by atoms with E-state index in [4.69, 9.17) is 4.42 Å². The van der Waals surface area contributed by atoms with Gasteiger partial charge in [0.1, 0.15) is 28.1 Å². The van der Waals surface area contributed by atoms with Gasteiger partial charge in [0.05, 0.1) is 10.3 Å². The molecule has 0 unspecified atom stereocenters. The average Bonchev–Trinajstić information content (AvgIpc) is 2.67. The molecule has 4 aromatic rings. The Labute approximate surface area is 175 Å². The normalized spacial score (nSPS) is 11.5. The Hall–Kier alpha value is -4.05. The molecule has 1 amide bonds. The molecule has 4 N–H and O–H groups in total. The number of carbonyl (C=O) groups excluding carboxylic acids is 1. The minimum atomic E-state index is -3.97. The molecule has 0 aliphatic carbocycles. The zero-order valence-corrected chi connectivity index (χ0v) is 16.9. The lowest BCUT2D eigenvalue weighted by Crippen LogP contribution is -2.13. The first-order valence-corrected chi connectivity index (χ1v) is 10.5. The van der Waals surface area contributed by atoms with Crippen LogP contribution < -0.4 is 15.5 Å². The Morgan fingerprint density at radius 1 is 0.935 bits per heavy atom. The Kier molecular flexibility index (Phi) is 4.78. The van der Waals surface area contributed by atoms with E-state index in [1.807, 2.05) is 0 Å². The highest BCUT2D eigenvalue weighted by atomic mass is 32.2. The van der Waals surface area contributed by atoms with Crippen LogP contribution >= 0.6 is 0 Å². The predicted molar refractivity (Wildman–Crippen MR) is 115 cm³/mol. The molecule has 31 heavy (non-hydrogen) atoms. The summed E-state index contributed by atoms with van der Waals surface area (Å²) in [6.07, 6.45) is 0. The third-order valence-electron chi connectivity index (χ3n) is 4.47. The van der Waals surface area contributed by atoms with E-state index in [2.05, 4.69) is 10.0 Å². The minimum Gasteiger partial charge on any atom is -0.508 e. The van der Waals surface area contributed by atoms with Gasteiger partial charge in [-0.05, 0) is 42.5 Å². The Bertz CT molecular complexity index is 1510. The molecule has 0 atom stereocenters. The molecule has 1 aromatic heterocycles. The topological polar surface area (TPSA) is 146 Å². The van der Waals surface area contributed by atoms with Gasteiger partial charge in [-0.15, -0.1) is 0 Å². The van der Waals surface area contributed by atoms with Crippen molar-refractivity contribution in [2.24, 2.45) is 0 Å². The van der Waals surface area contributed by atoms with Crippen LogP contribution in [0.25, 0.3) is 21.9 Å². The van der Waals surface area contributed by atoms with Crippen molar-refractivity contribution < 1.29 is 27.8 Å². The van der Waals surface area contributed by atoms with E-state index in [0.717, 1.165) is 6.07 Å². The van der Waals surface area contributed by atoms with Crippen LogP contribution in [0.4, 0.5) is 11.4 Å². The molecule has 9 nitrogen and oxygen atoms in total. The first kappa shape index (κ1) is 20.2. The Balaban J connectivity index is 1.73. The van der Waals surface area contributed by atoms with Crippen molar-refractivity contribution in [2.75, 3.05) is 10.0 Å². The van der Waals surface area contributed by atoms with Crippen LogP contribution in [-0.2, 0) is 14.8 Å². The standard InChI is InChI=1S/C21H16N2O7S/c1-11(24)22-12-2-5-15(6-3-12)31(28,29)23-13-4-7-18-16(8-13)21(27)20-17(26)9-14(25)10-19(20)30-18/h2-10,23,25-26H,1H3,(H,22,24). The van der Waals surface area contributed by atoms with Crippen LogP contribution in [0.2, 0.25) is 0 Å². The Morgan fingerprint density at radius 3 is 2.29 bits per heavy atom. The first-order chi connectivity index (χ1) is 14.6. The highest BCUT2D eigenvalue weighted by molar-refractivity contribution is 7.92. The van der Waals surface area contributed by atoms with Gasteiger partial charge < -0.3 is 19.9 Å². The van der Waals surface area contributed by atoms with E-state index >= 15 is 0 Å². The van der Waals surface area contributed by atoms with Gasteiger partial charge in [0.2, 0.25) is 11.3 Å². The summed E-state index contributed by atoms with van der Waals surface area (Å²) in [5.74, 6) is -0.991. The van der Waals surface area contributed by atoms with E-state index in [-0.39, 0.29) is 44.2 Å². The predicted octanol–water partition coefficient (Wildman–Crippen LogP) is 3.12. The average molecular weight is 440 g/mol. The smallest absolute Gasteiger partial charge is 0.261 e. The second kappa shape index (κ2) is 7.33. The van der Waals surface area contributed by atoms with Gasteiger partial charge in [-0.3, -0.25) is 14.3 Å². The van der Waals surface area contributed by atoms with Gasteiger partial charge in [-0.2, -0.15) is 0 Å². The van der Waals surface area contributed by atoms with Crippen LogP contribution in [0.3, 0.4) is 0 Å². The second-order valence-electron chi connectivity index (χ2n) is 6.79. The maximum Gasteiger partial charge on any atom is 0.261 e. The molecular formula is C21H16N2O7S. The van der Waals surface area contributed by atoms with Crippen molar-refractivity contribution in [3.63, 3.8) is 0 Å². The monoisotopic (exact) mass is 440 g/mol. The molecule has 0 fully saturated rings. The summed E-state index contributed by atoms with van der Waals surface area (Å²) in [6, 6.07) is 11.9. The summed E-state index contributed by atoms with van der Waals surface area (Å²) in [7, 11) is -3.97. The SMILES string of the molecule is CC(=O)Nc1ccc(S(=O)(=O)Nc2ccc3oc4cc(O)cc(O)c4c(=O)c3c2)cc1. The molecule has 3 aromatic carbocycles. The maximum atomic E-state index is 12.8. The summed E-state index contributed by atoms with van der Waals surface area (Å²) >= 11 is 0. The van der Waals surface area contributed by atoms with Crippen LogP contribution in [-0.4, -0.2) is 24.5 Å². The van der Waals surface area contributed by atoms with Gasteiger partial charge in [0.15, 0.2) is 0 Å². The molecule has 4 rings (SSSR count). The third kappa shape index (κ3) is 3.88. The molecule has 158 valence electrons. The molecule has 10 heteroatoms. The van der Waals surface area contributed by atoms with Gasteiger partial charge in [0, 0.05) is 30.4 Å².